The van der Waals surface area contributed by atoms with E-state index in [1.807, 2.05) is 0 Å². The molecule has 3 aromatic heterocycles. The smallest absolute Gasteiger partial charge is 0.394 e. The van der Waals surface area contributed by atoms with Crippen molar-refractivity contribution in [1.82, 2.24) is 24.3 Å². The number of rotatable bonds is 13. The summed E-state index contributed by atoms with van der Waals surface area (Å²) in [4.78, 5) is 33.0. The van der Waals surface area contributed by atoms with Gasteiger partial charge < -0.3 is 19.7 Å². The van der Waals surface area contributed by atoms with Crippen molar-refractivity contribution < 1.29 is 40.6 Å². The van der Waals surface area contributed by atoms with Crippen LogP contribution in [0, 0.1) is 5.82 Å². The van der Waals surface area contributed by atoms with E-state index in [2.05, 4.69) is 40.0 Å². The second kappa shape index (κ2) is 14.5. The average molecular weight is 703 g/mol. The molecule has 2 N–H and O–H groups in total. The van der Waals surface area contributed by atoms with Crippen molar-refractivity contribution in [2.75, 3.05) is 18.5 Å². The quantitative estimate of drug-likeness (QED) is 0.103. The van der Waals surface area contributed by atoms with E-state index in [9.17, 15) is 45.4 Å². The molecule has 260 valence electrons. The molecule has 4 aromatic rings. The molecule has 0 aliphatic rings. The zero-order valence-electron chi connectivity index (χ0n) is 26.1. The van der Waals surface area contributed by atoms with Crippen molar-refractivity contribution in [3.63, 3.8) is 0 Å². The van der Waals surface area contributed by atoms with E-state index < -0.39 is 73.6 Å². The molecule has 18 heteroatoms. The first-order valence-electron chi connectivity index (χ1n) is 14.7. The number of aliphatic hydroxyl groups excluding tert-OH is 1. The summed E-state index contributed by atoms with van der Waals surface area (Å²) in [6, 6.07) is 3.45. The Labute approximate surface area is 270 Å². The second-order valence-corrected chi connectivity index (χ2v) is 17.9. The van der Waals surface area contributed by atoms with Gasteiger partial charge in [0.05, 0.1) is 35.0 Å². The molecule has 0 aliphatic heterocycles. The zero-order valence-corrected chi connectivity index (χ0v) is 27.1. The lowest BCUT2D eigenvalue weighted by Gasteiger charge is -2.21. The normalized spacial score (nSPS) is 13.2. The van der Waals surface area contributed by atoms with E-state index in [1.165, 1.54) is 22.9 Å². The van der Waals surface area contributed by atoms with Crippen LogP contribution in [0.2, 0.25) is 25.7 Å². The minimum absolute atomic E-state index is 0.0339. The number of halogens is 7. The maximum atomic E-state index is 15.0. The van der Waals surface area contributed by atoms with Gasteiger partial charge in [-0.1, -0.05) is 19.6 Å². The van der Waals surface area contributed by atoms with E-state index in [1.54, 1.807) is 0 Å². The number of benzene rings is 1. The molecule has 1 unspecified atom stereocenters. The van der Waals surface area contributed by atoms with Crippen LogP contribution >= 0.6 is 0 Å². The molecule has 0 amide bonds. The maximum absolute atomic E-state index is 15.0. The summed E-state index contributed by atoms with van der Waals surface area (Å²) in [5.41, 5.74) is -5.42. The van der Waals surface area contributed by atoms with Crippen molar-refractivity contribution in [2.24, 2.45) is 0 Å². The molecule has 1 aromatic carbocycles. The molecule has 4 rings (SSSR count). The van der Waals surface area contributed by atoms with Crippen LogP contribution in [0.5, 0.6) is 0 Å². The number of fused-ring (bicyclic) bond motifs is 1. The number of nitrogens with one attached hydrogen (secondary N) is 1. The number of nitrogens with zero attached hydrogens (tertiary/aromatic N) is 5. The van der Waals surface area contributed by atoms with Gasteiger partial charge in [-0.3, -0.25) is 9.59 Å². The number of aryl methyl sites for hydroxylation is 1. The fourth-order valence-electron chi connectivity index (χ4n) is 4.70. The number of hydrogen-bond acceptors (Lipinski definition) is 8. The third-order valence-electron chi connectivity index (χ3n) is 7.35. The summed E-state index contributed by atoms with van der Waals surface area (Å²) < 4.78 is 103. The fraction of sp³-hybridized carbons (Fsp3) is 0.433. The van der Waals surface area contributed by atoms with Gasteiger partial charge in [-0.15, -0.1) is 0 Å². The molecule has 1 atom stereocenters. The van der Waals surface area contributed by atoms with Crippen LogP contribution in [0.15, 0.2) is 52.6 Å². The molecular weight excluding hydrogens is 669 g/mol. The number of aromatic nitrogens is 5. The summed E-state index contributed by atoms with van der Waals surface area (Å²) in [5.74, 6) is -1.24. The second-order valence-electron chi connectivity index (χ2n) is 12.3. The van der Waals surface area contributed by atoms with Crippen molar-refractivity contribution in [1.29, 1.82) is 0 Å². The van der Waals surface area contributed by atoms with E-state index in [-0.39, 0.29) is 48.2 Å². The molecule has 0 bridgehead atoms. The van der Waals surface area contributed by atoms with Gasteiger partial charge >= 0.3 is 12.4 Å². The molecular formula is C30H33F7N6O4Si. The molecule has 0 saturated carbocycles. The summed E-state index contributed by atoms with van der Waals surface area (Å²) in [7, 11) is -1.46. The summed E-state index contributed by atoms with van der Waals surface area (Å²) >= 11 is 0. The van der Waals surface area contributed by atoms with Crippen LogP contribution in [-0.2, 0) is 30.4 Å². The Balaban J connectivity index is 1.45. The van der Waals surface area contributed by atoms with Crippen molar-refractivity contribution in [3.8, 4) is 11.4 Å². The topological polar surface area (TPSA) is 124 Å². The number of pyridine rings is 1. The monoisotopic (exact) mass is 702 g/mol. The van der Waals surface area contributed by atoms with Crippen LogP contribution < -0.4 is 16.4 Å². The SMILES string of the molecule is C[Si](C)(C)CCOCn1ncc(NC(CO)CCCn2ccc3cc(-c4ncc(C(F)(F)F)cn4)c(F)cc3c2=O)c(C(F)(F)F)c1=O. The fourth-order valence-corrected chi connectivity index (χ4v) is 5.45. The molecule has 0 radical (unpaired) electrons. The molecule has 48 heavy (non-hydrogen) atoms. The predicted octanol–water partition coefficient (Wildman–Crippen LogP) is 5.76. The van der Waals surface area contributed by atoms with Crippen molar-refractivity contribution in [2.45, 2.75) is 70.2 Å². The highest BCUT2D eigenvalue weighted by Gasteiger charge is 2.39. The van der Waals surface area contributed by atoms with Crippen LogP contribution in [0.3, 0.4) is 0 Å². The van der Waals surface area contributed by atoms with Gasteiger partial charge in [-0.2, -0.15) is 31.4 Å². The zero-order chi connectivity index (χ0) is 35.4. The molecule has 0 spiro atoms. The Morgan fingerprint density at radius 3 is 2.29 bits per heavy atom. The van der Waals surface area contributed by atoms with Crippen molar-refractivity contribution in [3.05, 3.63) is 80.6 Å². The van der Waals surface area contributed by atoms with Gasteiger partial charge in [0.25, 0.3) is 11.1 Å². The molecule has 0 fully saturated rings. The highest BCUT2D eigenvalue weighted by atomic mass is 28.3. The lowest BCUT2D eigenvalue weighted by molar-refractivity contribution is -0.139. The highest BCUT2D eigenvalue weighted by molar-refractivity contribution is 6.76. The number of ether oxygens (including phenoxy) is 1. The molecule has 0 aliphatic carbocycles. The minimum atomic E-state index is -5.03. The first-order chi connectivity index (χ1) is 22.4. The number of hydrogen-bond donors (Lipinski definition) is 2. The summed E-state index contributed by atoms with van der Waals surface area (Å²) in [6.07, 6.45) is -6.15. The Kier molecular flexibility index (Phi) is 11.1. The largest absolute Gasteiger partial charge is 0.423 e. The average Bonchev–Trinajstić information content (AvgIpc) is 2.99. The Morgan fingerprint density at radius 2 is 1.69 bits per heavy atom. The van der Waals surface area contributed by atoms with Gasteiger partial charge in [0.15, 0.2) is 5.82 Å². The van der Waals surface area contributed by atoms with Crippen LogP contribution in [-0.4, -0.2) is 56.8 Å². The van der Waals surface area contributed by atoms with Crippen LogP contribution in [0.1, 0.15) is 24.0 Å². The Hall–Kier alpha value is -4.16. The van der Waals surface area contributed by atoms with Crippen LogP contribution in [0.4, 0.5) is 36.4 Å². The van der Waals surface area contributed by atoms with E-state index in [0.29, 0.717) is 17.1 Å². The van der Waals surface area contributed by atoms with Crippen molar-refractivity contribution >= 4 is 24.5 Å². The minimum Gasteiger partial charge on any atom is -0.394 e. The number of anilines is 1. The summed E-state index contributed by atoms with van der Waals surface area (Å²) in [5, 5.41) is 16.5. The molecule has 3 heterocycles. The Bertz CT molecular complexity index is 1860. The summed E-state index contributed by atoms with van der Waals surface area (Å²) in [6.45, 7) is 5.56. The van der Waals surface area contributed by atoms with E-state index >= 15 is 0 Å². The molecule has 0 saturated heterocycles. The standard InChI is InChI=1S/C30H33F7N6O4Si/c1-48(2,3)10-9-47-17-43-28(46)25(30(35,36)37)24(15-40-43)41-20(16-44)5-4-7-42-8-6-18-11-22(23(31)12-21(18)27(42)45)26-38-13-19(14-39-26)29(32,33)34/h6,8,11-15,20,41,44H,4-5,7,9-10,16-17H2,1-3H3. The van der Waals surface area contributed by atoms with Gasteiger partial charge in [-0.25, -0.2) is 19.0 Å². The third-order valence-corrected chi connectivity index (χ3v) is 9.06. The van der Waals surface area contributed by atoms with Gasteiger partial charge in [0.1, 0.15) is 18.1 Å². The first kappa shape index (κ1) is 36.7. The molecule has 10 nitrogen and oxygen atoms in total. The maximum Gasteiger partial charge on any atom is 0.423 e. The third kappa shape index (κ3) is 9.04. The lowest BCUT2D eigenvalue weighted by Crippen LogP contribution is -2.35. The number of alkyl halides is 6. The lowest BCUT2D eigenvalue weighted by atomic mass is 10.1. The first-order valence-corrected chi connectivity index (χ1v) is 18.4. The van der Waals surface area contributed by atoms with Gasteiger partial charge in [0.2, 0.25) is 0 Å². The van der Waals surface area contributed by atoms with E-state index in [0.717, 1.165) is 18.3 Å². The number of aliphatic hydroxyl groups is 1. The van der Waals surface area contributed by atoms with E-state index in [4.69, 9.17) is 4.74 Å². The highest BCUT2D eigenvalue weighted by Crippen LogP contribution is 2.33. The predicted molar refractivity (Wildman–Crippen MR) is 166 cm³/mol. The van der Waals surface area contributed by atoms with Crippen LogP contribution in [0.25, 0.3) is 22.2 Å². The van der Waals surface area contributed by atoms with Gasteiger partial charge in [0, 0.05) is 45.9 Å². The van der Waals surface area contributed by atoms with Gasteiger partial charge in [-0.05, 0) is 42.5 Å². The Morgan fingerprint density at radius 1 is 1.00 bits per heavy atom.